The summed E-state index contributed by atoms with van der Waals surface area (Å²) in [5.74, 6) is 0.149. The quantitative estimate of drug-likeness (QED) is 0.276. The molecule has 42 heavy (non-hydrogen) atoms. The molecule has 2 aliphatic rings. The molecule has 0 aliphatic carbocycles. The van der Waals surface area contributed by atoms with E-state index in [2.05, 4.69) is 16.7 Å². The maximum Gasteiger partial charge on any atom is 0.342 e. The maximum absolute atomic E-state index is 13.7. The van der Waals surface area contributed by atoms with Crippen LogP contribution >= 0.6 is 23.2 Å². The average molecular weight is 664 g/mol. The highest BCUT2D eigenvalue weighted by atomic mass is 35.5. The van der Waals surface area contributed by atoms with Crippen LogP contribution in [0.25, 0.3) is 0 Å². The number of ether oxygens (including phenoxy) is 1. The van der Waals surface area contributed by atoms with E-state index in [-0.39, 0.29) is 33.2 Å². The summed E-state index contributed by atoms with van der Waals surface area (Å²) in [6.45, 7) is 8.10. The molecule has 0 aromatic heterocycles. The van der Waals surface area contributed by atoms with Gasteiger partial charge < -0.3 is 18.7 Å². The van der Waals surface area contributed by atoms with Gasteiger partial charge in [-0.1, -0.05) is 60.5 Å². The molecule has 0 N–H and O–H groups in total. The van der Waals surface area contributed by atoms with E-state index in [0.717, 1.165) is 82.3 Å². The molecule has 0 radical (unpaired) electrons. The minimum Gasteiger partial charge on any atom is -0.383 e. The van der Waals surface area contributed by atoms with Crippen molar-refractivity contribution in [2.24, 2.45) is 0 Å². The van der Waals surface area contributed by atoms with Crippen LogP contribution in [-0.2, 0) is 29.2 Å². The summed E-state index contributed by atoms with van der Waals surface area (Å²) < 4.78 is 67.9. The van der Waals surface area contributed by atoms with Crippen molar-refractivity contribution in [2.75, 3.05) is 59.2 Å². The minimum atomic E-state index is -4.73. The van der Waals surface area contributed by atoms with Gasteiger partial charge in [-0.3, -0.25) is 0 Å². The molecule has 2 heterocycles. The zero-order valence-corrected chi connectivity index (χ0v) is 27.4. The van der Waals surface area contributed by atoms with Crippen LogP contribution in [0.3, 0.4) is 0 Å². The van der Waals surface area contributed by atoms with E-state index in [9.17, 15) is 16.8 Å². The number of benzene rings is 2. The van der Waals surface area contributed by atoms with Crippen molar-refractivity contribution in [3.05, 3.63) is 63.1 Å². The van der Waals surface area contributed by atoms with Gasteiger partial charge in [-0.25, -0.2) is 4.18 Å². The van der Waals surface area contributed by atoms with Crippen LogP contribution in [0.4, 0.5) is 0 Å². The van der Waals surface area contributed by atoms with E-state index >= 15 is 0 Å². The zero-order valence-electron chi connectivity index (χ0n) is 24.3. The molecule has 9 nitrogen and oxygen atoms in total. The van der Waals surface area contributed by atoms with Crippen molar-refractivity contribution in [1.82, 2.24) is 9.80 Å². The number of hydrogen-bond acceptors (Lipinski definition) is 9. The first-order valence-electron chi connectivity index (χ1n) is 14.3. The summed E-state index contributed by atoms with van der Waals surface area (Å²) in [7, 11) is -7.30. The Labute approximate surface area is 260 Å². The fourth-order valence-corrected chi connectivity index (χ4v) is 8.83. The van der Waals surface area contributed by atoms with Gasteiger partial charge in [-0.05, 0) is 87.4 Å². The van der Waals surface area contributed by atoms with E-state index in [0.29, 0.717) is 6.61 Å². The van der Waals surface area contributed by atoms with E-state index in [4.69, 9.17) is 36.3 Å². The Hall–Kier alpha value is -1.44. The highest BCUT2D eigenvalue weighted by Crippen LogP contribution is 2.42. The standard InChI is InChI=1S/C29H40Cl2N2O7S2/c1-4-32-15-11-22(12-16-32)24-8-6-10-26(28(24)31)39-42(36,37)29(40-41(3,34)35)25-9-5-7-23(27(25)30)21-13-17-33(18-14-21)19-20-38-2/h5-10,21-22,29H,4,11-20H2,1-3H3. The third kappa shape index (κ3) is 8.38. The molecule has 2 saturated heterocycles. The molecular formula is C29H40Cl2N2O7S2. The van der Waals surface area contributed by atoms with Gasteiger partial charge in [0.05, 0.1) is 22.9 Å². The van der Waals surface area contributed by atoms with Crippen molar-refractivity contribution in [3.8, 4) is 5.75 Å². The summed E-state index contributed by atoms with van der Waals surface area (Å²) in [6.07, 6.45) is 4.19. The second kappa shape index (κ2) is 14.6. The van der Waals surface area contributed by atoms with Gasteiger partial charge in [0, 0.05) is 19.2 Å². The lowest BCUT2D eigenvalue weighted by Crippen LogP contribution is -2.35. The van der Waals surface area contributed by atoms with E-state index in [1.54, 1.807) is 19.2 Å². The predicted molar refractivity (Wildman–Crippen MR) is 166 cm³/mol. The van der Waals surface area contributed by atoms with Crippen molar-refractivity contribution in [3.63, 3.8) is 0 Å². The van der Waals surface area contributed by atoms with E-state index in [1.807, 2.05) is 12.1 Å². The van der Waals surface area contributed by atoms with Crippen molar-refractivity contribution >= 4 is 43.4 Å². The van der Waals surface area contributed by atoms with Crippen molar-refractivity contribution in [2.45, 2.75) is 49.9 Å². The molecule has 13 heteroatoms. The lowest BCUT2D eigenvalue weighted by atomic mass is 9.88. The predicted octanol–water partition coefficient (Wildman–Crippen LogP) is 5.40. The molecule has 2 fully saturated rings. The molecule has 2 aromatic carbocycles. The lowest BCUT2D eigenvalue weighted by molar-refractivity contribution is 0.130. The fraction of sp³-hybridized carbons (Fsp3) is 0.586. The van der Waals surface area contributed by atoms with Gasteiger partial charge in [-0.15, -0.1) is 0 Å². The summed E-state index contributed by atoms with van der Waals surface area (Å²) in [4.78, 5) is 4.65. The summed E-state index contributed by atoms with van der Waals surface area (Å²) in [5.41, 5.74) is -0.469. The Balaban J connectivity index is 1.61. The molecule has 0 amide bonds. The average Bonchev–Trinajstić information content (AvgIpc) is 2.96. The van der Waals surface area contributed by atoms with Crippen molar-refractivity contribution in [1.29, 1.82) is 0 Å². The van der Waals surface area contributed by atoms with Gasteiger partial charge in [0.1, 0.15) is 0 Å². The monoisotopic (exact) mass is 662 g/mol. The molecule has 1 unspecified atom stereocenters. The van der Waals surface area contributed by atoms with Gasteiger partial charge in [0.15, 0.2) is 5.75 Å². The zero-order chi connectivity index (χ0) is 30.5. The Kier molecular flexibility index (Phi) is 11.6. The number of hydrogen-bond donors (Lipinski definition) is 0. The Morgan fingerprint density at radius 3 is 1.95 bits per heavy atom. The third-order valence-electron chi connectivity index (χ3n) is 8.15. The summed E-state index contributed by atoms with van der Waals surface area (Å²) in [6, 6.07) is 9.98. The fourth-order valence-electron chi connectivity index (χ4n) is 5.80. The van der Waals surface area contributed by atoms with Gasteiger partial charge in [-0.2, -0.15) is 16.8 Å². The number of rotatable bonds is 12. The van der Waals surface area contributed by atoms with E-state index < -0.39 is 25.7 Å². The van der Waals surface area contributed by atoms with Crippen LogP contribution < -0.4 is 4.18 Å². The van der Waals surface area contributed by atoms with Crippen LogP contribution in [-0.4, -0.2) is 85.9 Å². The molecule has 1 atom stereocenters. The molecular weight excluding hydrogens is 623 g/mol. The maximum atomic E-state index is 13.7. The van der Waals surface area contributed by atoms with Gasteiger partial charge >= 0.3 is 10.1 Å². The van der Waals surface area contributed by atoms with Crippen LogP contribution in [0.1, 0.15) is 66.6 Å². The molecule has 0 spiro atoms. The largest absolute Gasteiger partial charge is 0.383 e. The smallest absolute Gasteiger partial charge is 0.342 e. The second-order valence-electron chi connectivity index (χ2n) is 10.9. The molecule has 0 saturated carbocycles. The van der Waals surface area contributed by atoms with Crippen LogP contribution in [0, 0.1) is 0 Å². The highest BCUT2D eigenvalue weighted by molar-refractivity contribution is 7.89. The number of methoxy groups -OCH3 is 1. The third-order valence-corrected chi connectivity index (χ3v) is 10.9. The topological polar surface area (TPSA) is 102 Å². The molecule has 0 bridgehead atoms. The Morgan fingerprint density at radius 1 is 0.857 bits per heavy atom. The van der Waals surface area contributed by atoms with E-state index in [1.165, 1.54) is 12.1 Å². The minimum absolute atomic E-state index is 0.000573. The number of likely N-dealkylation sites (tertiary alicyclic amines) is 2. The molecule has 4 rings (SSSR count). The summed E-state index contributed by atoms with van der Waals surface area (Å²) >= 11 is 13.5. The Bertz CT molecular complexity index is 1420. The van der Waals surface area contributed by atoms with Crippen molar-refractivity contribution < 1.29 is 29.9 Å². The number of nitrogens with zero attached hydrogens (tertiary/aromatic N) is 2. The second-order valence-corrected chi connectivity index (χ2v) is 14.9. The highest BCUT2D eigenvalue weighted by Gasteiger charge is 2.38. The first kappa shape index (κ1) is 33.5. The molecule has 234 valence electrons. The normalized spacial score (nSPS) is 19.2. The molecule has 2 aromatic rings. The van der Waals surface area contributed by atoms with Crippen LogP contribution in [0.5, 0.6) is 5.75 Å². The lowest BCUT2D eigenvalue weighted by Gasteiger charge is -2.32. The van der Waals surface area contributed by atoms with Crippen LogP contribution in [0.15, 0.2) is 36.4 Å². The molecule has 2 aliphatic heterocycles. The first-order valence-corrected chi connectivity index (χ1v) is 18.3. The number of halogens is 2. The SMILES string of the molecule is CCN1CCC(c2cccc(OS(=O)(=O)C(OS(C)(=O)=O)c3cccc(C4CCN(CCOC)CC4)c3Cl)c2Cl)CC1. The Morgan fingerprint density at radius 2 is 1.40 bits per heavy atom. The summed E-state index contributed by atoms with van der Waals surface area (Å²) in [5, 5.41) is 0.338. The van der Waals surface area contributed by atoms with Gasteiger partial charge in [0.2, 0.25) is 5.44 Å². The van der Waals surface area contributed by atoms with Gasteiger partial charge in [0.25, 0.3) is 10.1 Å². The number of piperidine rings is 2. The first-order chi connectivity index (χ1) is 19.9. The van der Waals surface area contributed by atoms with Crippen LogP contribution in [0.2, 0.25) is 10.0 Å².